The fraction of sp³-hybridized carbons (Fsp3) is 0.833. The third-order valence-corrected chi connectivity index (χ3v) is 2.87. The van der Waals surface area contributed by atoms with Crippen LogP contribution in [0.4, 0.5) is 0 Å². The molecule has 0 saturated carbocycles. The molecule has 3 heteroatoms. The fourth-order valence-corrected chi connectivity index (χ4v) is 1.93. The molecule has 0 atom stereocenters. The van der Waals surface area contributed by atoms with Gasteiger partial charge in [-0.15, -0.1) is 0 Å². The molecule has 0 unspecified atom stereocenters. The number of carbonyl (C=O) groups is 1. The van der Waals surface area contributed by atoms with Gasteiger partial charge < -0.3 is 5.11 Å². The Bertz CT molecular complexity index is 224. The lowest BCUT2D eigenvalue weighted by Gasteiger charge is -2.05. The van der Waals surface area contributed by atoms with Crippen LogP contribution in [0.3, 0.4) is 0 Å². The van der Waals surface area contributed by atoms with Crippen molar-refractivity contribution in [2.24, 2.45) is 4.99 Å². The molecule has 0 aromatic carbocycles. The van der Waals surface area contributed by atoms with Crippen LogP contribution in [0.2, 0.25) is 0 Å². The first kappa shape index (κ1) is 12.2. The van der Waals surface area contributed by atoms with E-state index in [-0.39, 0.29) is 0 Å². The molecule has 0 aliphatic carbocycles. The summed E-state index contributed by atoms with van der Waals surface area (Å²) in [5, 5.41) is 8.91. The van der Waals surface area contributed by atoms with Crippen LogP contribution in [0.1, 0.15) is 57.8 Å². The van der Waals surface area contributed by atoms with Crippen LogP contribution in [0.25, 0.3) is 0 Å². The highest BCUT2D eigenvalue weighted by atomic mass is 16.4. The molecule has 0 radical (unpaired) electrons. The van der Waals surface area contributed by atoms with Crippen LogP contribution in [-0.2, 0) is 4.79 Å². The SMILES string of the molecule is O=C(O)/C1=N/CCCCCCCCCC1. The quantitative estimate of drug-likeness (QED) is 0.724. The van der Waals surface area contributed by atoms with Crippen molar-refractivity contribution >= 4 is 11.7 Å². The molecular formula is C12H21NO2. The first-order chi connectivity index (χ1) is 7.30. The molecule has 0 fully saturated rings. The molecule has 1 heterocycles. The molecule has 1 aliphatic heterocycles. The van der Waals surface area contributed by atoms with Gasteiger partial charge in [0.1, 0.15) is 5.71 Å². The van der Waals surface area contributed by atoms with E-state index in [1.165, 1.54) is 32.1 Å². The maximum Gasteiger partial charge on any atom is 0.349 e. The van der Waals surface area contributed by atoms with E-state index in [2.05, 4.69) is 4.99 Å². The summed E-state index contributed by atoms with van der Waals surface area (Å²) in [4.78, 5) is 15.0. The first-order valence-electron chi connectivity index (χ1n) is 6.07. The Kier molecular flexibility index (Phi) is 6.05. The highest BCUT2D eigenvalue weighted by Gasteiger charge is 2.08. The monoisotopic (exact) mass is 211 g/mol. The van der Waals surface area contributed by atoms with Crippen molar-refractivity contribution in [1.82, 2.24) is 0 Å². The zero-order valence-electron chi connectivity index (χ0n) is 9.37. The van der Waals surface area contributed by atoms with Crippen molar-refractivity contribution in [2.45, 2.75) is 57.8 Å². The van der Waals surface area contributed by atoms with Gasteiger partial charge in [0.2, 0.25) is 0 Å². The van der Waals surface area contributed by atoms with Crippen molar-refractivity contribution in [2.75, 3.05) is 6.54 Å². The molecule has 86 valence electrons. The number of nitrogens with zero attached hydrogens (tertiary/aromatic N) is 1. The number of hydrogen-bond donors (Lipinski definition) is 1. The minimum atomic E-state index is -0.827. The zero-order chi connectivity index (χ0) is 10.9. The van der Waals surface area contributed by atoms with Crippen LogP contribution < -0.4 is 0 Å². The summed E-state index contributed by atoms with van der Waals surface area (Å²) in [6, 6.07) is 0. The van der Waals surface area contributed by atoms with Crippen LogP contribution in [0.15, 0.2) is 4.99 Å². The molecule has 0 aromatic heterocycles. The Labute approximate surface area is 91.6 Å². The lowest BCUT2D eigenvalue weighted by atomic mass is 10.0. The highest BCUT2D eigenvalue weighted by Crippen LogP contribution is 2.11. The Hall–Kier alpha value is -0.860. The standard InChI is InChI=1S/C12H21NO2/c14-12(15)11-9-7-5-3-1-2-4-6-8-10-13-11/h1-10H2,(H,14,15)/b13-11+. The van der Waals surface area contributed by atoms with Gasteiger partial charge in [-0.1, -0.05) is 38.5 Å². The van der Waals surface area contributed by atoms with E-state index in [9.17, 15) is 4.79 Å². The Morgan fingerprint density at radius 1 is 0.933 bits per heavy atom. The van der Waals surface area contributed by atoms with E-state index < -0.39 is 5.97 Å². The van der Waals surface area contributed by atoms with Crippen molar-refractivity contribution in [3.63, 3.8) is 0 Å². The lowest BCUT2D eigenvalue weighted by molar-refractivity contribution is -0.129. The summed E-state index contributed by atoms with van der Waals surface area (Å²) >= 11 is 0. The molecule has 0 amide bonds. The van der Waals surface area contributed by atoms with E-state index in [1.54, 1.807) is 0 Å². The zero-order valence-corrected chi connectivity index (χ0v) is 9.37. The molecular weight excluding hydrogens is 190 g/mol. The topological polar surface area (TPSA) is 49.7 Å². The summed E-state index contributed by atoms with van der Waals surface area (Å²) < 4.78 is 0. The van der Waals surface area contributed by atoms with E-state index in [0.717, 1.165) is 19.3 Å². The summed E-state index contributed by atoms with van der Waals surface area (Å²) in [5.74, 6) is -0.827. The van der Waals surface area contributed by atoms with Gasteiger partial charge in [0.15, 0.2) is 0 Å². The minimum Gasteiger partial charge on any atom is -0.477 e. The number of aliphatic carboxylic acids is 1. The number of aliphatic imine (C=N–C) groups is 1. The summed E-state index contributed by atoms with van der Waals surface area (Å²) in [5.41, 5.74) is 0.385. The van der Waals surface area contributed by atoms with Gasteiger partial charge in [0, 0.05) is 6.54 Å². The predicted molar refractivity (Wildman–Crippen MR) is 61.5 cm³/mol. The Morgan fingerprint density at radius 2 is 1.47 bits per heavy atom. The second kappa shape index (κ2) is 7.43. The molecule has 0 spiro atoms. The summed E-state index contributed by atoms with van der Waals surface area (Å²) in [6.07, 6.45) is 10.2. The number of hydrogen-bond acceptors (Lipinski definition) is 2. The Balaban J connectivity index is 2.42. The van der Waals surface area contributed by atoms with Gasteiger partial charge in [-0.2, -0.15) is 0 Å². The van der Waals surface area contributed by atoms with E-state index in [1.807, 2.05) is 0 Å². The van der Waals surface area contributed by atoms with Crippen molar-refractivity contribution < 1.29 is 9.90 Å². The smallest absolute Gasteiger partial charge is 0.349 e. The third kappa shape index (κ3) is 5.55. The molecule has 0 bridgehead atoms. The largest absolute Gasteiger partial charge is 0.477 e. The molecule has 1 N–H and O–H groups in total. The van der Waals surface area contributed by atoms with Gasteiger partial charge >= 0.3 is 5.97 Å². The number of rotatable bonds is 1. The average molecular weight is 211 g/mol. The van der Waals surface area contributed by atoms with Crippen LogP contribution in [-0.4, -0.2) is 23.3 Å². The van der Waals surface area contributed by atoms with Gasteiger partial charge in [0.25, 0.3) is 0 Å². The van der Waals surface area contributed by atoms with Gasteiger partial charge in [-0.05, 0) is 19.3 Å². The number of carboxylic acids is 1. The third-order valence-electron chi connectivity index (χ3n) is 2.87. The highest BCUT2D eigenvalue weighted by molar-refractivity contribution is 6.35. The van der Waals surface area contributed by atoms with E-state index in [0.29, 0.717) is 18.7 Å². The summed E-state index contributed by atoms with van der Waals surface area (Å²) in [6.45, 7) is 0.696. The molecule has 1 aliphatic rings. The lowest BCUT2D eigenvalue weighted by Crippen LogP contribution is -2.13. The average Bonchev–Trinajstić information content (AvgIpc) is 2.18. The van der Waals surface area contributed by atoms with E-state index >= 15 is 0 Å². The normalized spacial score (nSPS) is 24.4. The molecule has 15 heavy (non-hydrogen) atoms. The first-order valence-corrected chi connectivity index (χ1v) is 6.07. The van der Waals surface area contributed by atoms with Crippen LogP contribution in [0.5, 0.6) is 0 Å². The summed E-state index contributed by atoms with van der Waals surface area (Å²) in [7, 11) is 0. The predicted octanol–water partition coefficient (Wildman–Crippen LogP) is 3.04. The number of carboxylic acid groups (broad SMARTS) is 1. The maximum atomic E-state index is 10.8. The van der Waals surface area contributed by atoms with Crippen molar-refractivity contribution in [3.05, 3.63) is 0 Å². The van der Waals surface area contributed by atoms with Crippen molar-refractivity contribution in [1.29, 1.82) is 0 Å². The van der Waals surface area contributed by atoms with Crippen molar-refractivity contribution in [3.8, 4) is 0 Å². The van der Waals surface area contributed by atoms with Gasteiger partial charge in [-0.3, -0.25) is 4.99 Å². The minimum absolute atomic E-state index is 0.385. The molecule has 0 aromatic rings. The molecule has 3 nitrogen and oxygen atoms in total. The van der Waals surface area contributed by atoms with Gasteiger partial charge in [-0.25, -0.2) is 4.79 Å². The Morgan fingerprint density at radius 3 is 2.07 bits per heavy atom. The second-order valence-electron chi connectivity index (χ2n) is 4.21. The second-order valence-corrected chi connectivity index (χ2v) is 4.21. The molecule has 1 rings (SSSR count). The van der Waals surface area contributed by atoms with E-state index in [4.69, 9.17) is 5.11 Å². The molecule has 0 saturated heterocycles. The van der Waals surface area contributed by atoms with Crippen LogP contribution in [0, 0.1) is 0 Å². The van der Waals surface area contributed by atoms with Gasteiger partial charge in [0.05, 0.1) is 0 Å². The maximum absolute atomic E-state index is 10.8. The van der Waals surface area contributed by atoms with Crippen LogP contribution >= 0.6 is 0 Å². The fourth-order valence-electron chi connectivity index (χ4n) is 1.93.